The zero-order chi connectivity index (χ0) is 11.9. The molecule has 0 aliphatic carbocycles. The predicted molar refractivity (Wildman–Crippen MR) is 57.5 cm³/mol. The highest BCUT2D eigenvalue weighted by atomic mass is 16.4. The van der Waals surface area contributed by atoms with Gasteiger partial charge in [0.25, 0.3) is 5.78 Å². The molecule has 82 valence electrons. The van der Waals surface area contributed by atoms with Gasteiger partial charge in [-0.3, -0.25) is 9.78 Å². The van der Waals surface area contributed by atoms with Gasteiger partial charge in [0.15, 0.2) is 0 Å². The molecule has 0 bridgehead atoms. The van der Waals surface area contributed by atoms with E-state index in [4.69, 9.17) is 5.11 Å². The van der Waals surface area contributed by atoms with Crippen LogP contribution in [0.3, 0.4) is 0 Å². The summed E-state index contributed by atoms with van der Waals surface area (Å²) in [6.45, 7) is 3.59. The molecule has 0 aliphatic heterocycles. The van der Waals surface area contributed by atoms with E-state index in [9.17, 15) is 9.59 Å². The number of ketones is 1. The number of hydrogen-bond donors (Lipinski definition) is 2. The van der Waals surface area contributed by atoms with Crippen LogP contribution in [0, 0.1) is 13.8 Å². The van der Waals surface area contributed by atoms with Crippen LogP contribution in [-0.2, 0) is 4.79 Å². The zero-order valence-corrected chi connectivity index (χ0v) is 8.87. The molecule has 0 aromatic carbocycles. The number of pyridine rings is 1. The van der Waals surface area contributed by atoms with Crippen LogP contribution in [0.25, 0.3) is 10.9 Å². The lowest BCUT2D eigenvalue weighted by atomic mass is 10.1. The first-order chi connectivity index (χ1) is 7.52. The topological polar surface area (TPSA) is 83.1 Å². The average molecular weight is 218 g/mol. The van der Waals surface area contributed by atoms with Gasteiger partial charge >= 0.3 is 5.97 Å². The molecule has 2 rings (SSSR count). The molecule has 5 nitrogen and oxygen atoms in total. The Morgan fingerprint density at radius 3 is 2.69 bits per heavy atom. The Morgan fingerprint density at radius 1 is 1.38 bits per heavy atom. The Bertz CT molecular complexity index is 599. The second-order valence-corrected chi connectivity index (χ2v) is 3.61. The summed E-state index contributed by atoms with van der Waals surface area (Å²) < 4.78 is 0. The summed E-state index contributed by atoms with van der Waals surface area (Å²) in [6.07, 6.45) is 3.05. The molecule has 5 heteroatoms. The van der Waals surface area contributed by atoms with Gasteiger partial charge in [0.05, 0.1) is 16.8 Å². The van der Waals surface area contributed by atoms with Crippen LogP contribution in [-0.4, -0.2) is 26.8 Å². The fourth-order valence-electron chi connectivity index (χ4n) is 1.74. The number of nitrogens with one attached hydrogen (secondary N) is 1. The molecule has 2 aromatic rings. The van der Waals surface area contributed by atoms with Crippen LogP contribution in [0.1, 0.15) is 21.6 Å². The Hall–Kier alpha value is -2.17. The minimum absolute atomic E-state index is 0.186. The second-order valence-electron chi connectivity index (χ2n) is 3.61. The van der Waals surface area contributed by atoms with Crippen molar-refractivity contribution in [1.82, 2.24) is 9.97 Å². The molecular formula is C11H10N2O3. The summed E-state index contributed by atoms with van der Waals surface area (Å²) in [7, 11) is 0. The number of carbonyl (C=O) groups excluding carboxylic acids is 1. The summed E-state index contributed by atoms with van der Waals surface area (Å²) in [4.78, 5) is 29.1. The van der Waals surface area contributed by atoms with E-state index in [1.54, 1.807) is 20.0 Å². The van der Waals surface area contributed by atoms with E-state index in [0.717, 1.165) is 11.3 Å². The molecule has 0 atom stereocenters. The third kappa shape index (κ3) is 1.37. The van der Waals surface area contributed by atoms with Gasteiger partial charge in [-0.1, -0.05) is 0 Å². The number of aromatic amines is 1. The predicted octanol–water partition coefficient (Wildman–Crippen LogP) is 1.45. The van der Waals surface area contributed by atoms with E-state index in [1.165, 1.54) is 6.20 Å². The Morgan fingerprint density at radius 2 is 2.06 bits per heavy atom. The number of H-pyrrole nitrogens is 1. The Labute approximate surface area is 91.1 Å². The molecule has 2 aromatic heterocycles. The van der Waals surface area contributed by atoms with Crippen LogP contribution in [0.2, 0.25) is 0 Å². The highest BCUT2D eigenvalue weighted by molar-refractivity contribution is 6.42. The number of Topliss-reactive ketones (excluding diaryl/α,β-unsaturated/α-hetero) is 1. The molecule has 0 spiro atoms. The van der Waals surface area contributed by atoms with Gasteiger partial charge in [-0.2, -0.15) is 0 Å². The van der Waals surface area contributed by atoms with Crippen molar-refractivity contribution in [3.63, 3.8) is 0 Å². The molecule has 0 fully saturated rings. The number of aryl methyl sites for hydroxylation is 2. The van der Waals surface area contributed by atoms with E-state index in [1.807, 2.05) is 0 Å². The van der Waals surface area contributed by atoms with Crippen molar-refractivity contribution in [3.8, 4) is 0 Å². The molecule has 0 saturated heterocycles. The van der Waals surface area contributed by atoms with Gasteiger partial charge in [0.2, 0.25) is 0 Å². The molecule has 0 aliphatic rings. The molecular weight excluding hydrogens is 208 g/mol. The molecule has 0 radical (unpaired) electrons. The first-order valence-corrected chi connectivity index (χ1v) is 4.73. The third-order valence-electron chi connectivity index (χ3n) is 2.53. The fourth-order valence-corrected chi connectivity index (χ4v) is 1.74. The van der Waals surface area contributed by atoms with Crippen LogP contribution in [0.4, 0.5) is 0 Å². The van der Waals surface area contributed by atoms with Crippen molar-refractivity contribution in [2.45, 2.75) is 13.8 Å². The number of carboxylic acids is 1. The van der Waals surface area contributed by atoms with Gasteiger partial charge in [-0.25, -0.2) is 4.79 Å². The van der Waals surface area contributed by atoms with Crippen LogP contribution >= 0.6 is 0 Å². The second kappa shape index (κ2) is 3.44. The summed E-state index contributed by atoms with van der Waals surface area (Å²) >= 11 is 0. The van der Waals surface area contributed by atoms with Gasteiger partial charge in [0.1, 0.15) is 0 Å². The number of fused-ring (bicyclic) bond motifs is 1. The number of carbonyl (C=O) groups is 2. The lowest BCUT2D eigenvalue weighted by Crippen LogP contribution is -2.12. The SMILES string of the molecule is Cc1ncc(C)c2c(C(=O)C(=O)O)c[nH]c12. The number of carboxylic acid groups (broad SMARTS) is 1. The quantitative estimate of drug-likeness (QED) is 0.590. The van der Waals surface area contributed by atoms with Crippen molar-refractivity contribution in [2.24, 2.45) is 0 Å². The summed E-state index contributed by atoms with van der Waals surface area (Å²) in [5, 5.41) is 9.33. The number of hydrogen-bond acceptors (Lipinski definition) is 3. The van der Waals surface area contributed by atoms with Gasteiger partial charge in [-0.05, 0) is 19.4 Å². The standard InChI is InChI=1S/C11H10N2O3/c1-5-3-12-6(2)9-8(5)7(4-13-9)10(14)11(15)16/h3-4,13H,1-2H3,(H,15,16). The van der Waals surface area contributed by atoms with Crippen molar-refractivity contribution in [3.05, 3.63) is 29.2 Å². The smallest absolute Gasteiger partial charge is 0.377 e. The molecule has 0 saturated carbocycles. The van der Waals surface area contributed by atoms with Crippen LogP contribution in [0.5, 0.6) is 0 Å². The molecule has 16 heavy (non-hydrogen) atoms. The largest absolute Gasteiger partial charge is 0.475 e. The monoisotopic (exact) mass is 218 g/mol. The van der Waals surface area contributed by atoms with Crippen LogP contribution in [0.15, 0.2) is 12.4 Å². The Balaban J connectivity index is 2.78. The fraction of sp³-hybridized carbons (Fsp3) is 0.182. The van der Waals surface area contributed by atoms with E-state index < -0.39 is 11.8 Å². The summed E-state index contributed by atoms with van der Waals surface area (Å²) in [5.74, 6) is -2.35. The number of aromatic nitrogens is 2. The first-order valence-electron chi connectivity index (χ1n) is 4.73. The van der Waals surface area contributed by atoms with Crippen LogP contribution < -0.4 is 0 Å². The van der Waals surface area contributed by atoms with Crippen molar-refractivity contribution in [1.29, 1.82) is 0 Å². The third-order valence-corrected chi connectivity index (χ3v) is 2.53. The maximum atomic E-state index is 11.4. The number of nitrogens with zero attached hydrogens (tertiary/aromatic N) is 1. The van der Waals surface area contributed by atoms with Crippen molar-refractivity contribution in [2.75, 3.05) is 0 Å². The van der Waals surface area contributed by atoms with Crippen molar-refractivity contribution >= 4 is 22.7 Å². The molecule has 0 unspecified atom stereocenters. The van der Waals surface area contributed by atoms with Crippen molar-refractivity contribution < 1.29 is 14.7 Å². The van der Waals surface area contributed by atoms with E-state index >= 15 is 0 Å². The number of rotatable bonds is 2. The van der Waals surface area contributed by atoms with Gasteiger partial charge in [0, 0.05) is 17.8 Å². The van der Waals surface area contributed by atoms with Gasteiger partial charge < -0.3 is 10.1 Å². The highest BCUT2D eigenvalue weighted by Gasteiger charge is 2.20. The lowest BCUT2D eigenvalue weighted by molar-refractivity contribution is -0.131. The maximum Gasteiger partial charge on any atom is 0.377 e. The zero-order valence-electron chi connectivity index (χ0n) is 8.87. The molecule has 2 N–H and O–H groups in total. The number of aliphatic carboxylic acids is 1. The highest BCUT2D eigenvalue weighted by Crippen LogP contribution is 2.23. The van der Waals surface area contributed by atoms with E-state index in [-0.39, 0.29) is 5.56 Å². The molecule has 2 heterocycles. The van der Waals surface area contributed by atoms with E-state index in [0.29, 0.717) is 10.9 Å². The van der Waals surface area contributed by atoms with E-state index in [2.05, 4.69) is 9.97 Å². The molecule has 0 amide bonds. The Kier molecular flexibility index (Phi) is 2.23. The maximum absolute atomic E-state index is 11.4. The summed E-state index contributed by atoms with van der Waals surface area (Å²) in [6, 6.07) is 0. The normalized spacial score (nSPS) is 10.6. The lowest BCUT2D eigenvalue weighted by Gasteiger charge is -2.00. The minimum Gasteiger partial charge on any atom is -0.475 e. The minimum atomic E-state index is -1.45. The van der Waals surface area contributed by atoms with Gasteiger partial charge in [-0.15, -0.1) is 0 Å². The first kappa shape index (κ1) is 10.4. The average Bonchev–Trinajstić information content (AvgIpc) is 2.67. The summed E-state index contributed by atoms with van der Waals surface area (Å²) in [5.41, 5.74) is 2.42.